The topological polar surface area (TPSA) is 70.7 Å². The number of halogens is 1. The first-order chi connectivity index (χ1) is 9.66. The summed E-state index contributed by atoms with van der Waals surface area (Å²) in [7, 11) is 0. The molecule has 1 saturated heterocycles. The quantitative estimate of drug-likeness (QED) is 0.787. The van der Waals surface area contributed by atoms with Crippen LogP contribution in [0.2, 0.25) is 0 Å². The minimum absolute atomic E-state index is 0.243. The fourth-order valence-corrected chi connectivity index (χ4v) is 2.31. The van der Waals surface area contributed by atoms with Gasteiger partial charge in [-0.3, -0.25) is 25.3 Å². The normalized spacial score (nSPS) is 15.7. The van der Waals surface area contributed by atoms with Gasteiger partial charge in [0.1, 0.15) is 0 Å². The van der Waals surface area contributed by atoms with Crippen LogP contribution in [0.4, 0.5) is 0 Å². The van der Waals surface area contributed by atoms with Gasteiger partial charge >= 0.3 is 0 Å². The summed E-state index contributed by atoms with van der Waals surface area (Å²) < 4.78 is 5.88. The summed E-state index contributed by atoms with van der Waals surface area (Å²) in [6.07, 6.45) is 0. The van der Waals surface area contributed by atoms with Crippen molar-refractivity contribution >= 4 is 27.7 Å². The number of hydrogen-bond acceptors (Lipinski definition) is 4. The molecule has 1 heterocycles. The maximum atomic E-state index is 11.9. The molecule has 0 aromatic heterocycles. The van der Waals surface area contributed by atoms with E-state index in [1.807, 2.05) is 11.0 Å². The average molecular weight is 342 g/mol. The molecule has 2 N–H and O–H groups in total. The largest absolute Gasteiger partial charge is 0.379 e. The van der Waals surface area contributed by atoms with Crippen LogP contribution in [0.25, 0.3) is 0 Å². The zero-order chi connectivity index (χ0) is 14.4. The second kappa shape index (κ2) is 7.37. The summed E-state index contributed by atoms with van der Waals surface area (Å²) in [5, 5.41) is 0. The number of benzene rings is 1. The highest BCUT2D eigenvalue weighted by atomic mass is 79.9. The van der Waals surface area contributed by atoms with Gasteiger partial charge in [-0.05, 0) is 28.1 Å². The molecule has 2 amide bonds. The molecule has 1 fully saturated rings. The highest BCUT2D eigenvalue weighted by molar-refractivity contribution is 9.10. The van der Waals surface area contributed by atoms with Gasteiger partial charge in [-0.1, -0.05) is 12.1 Å². The molecule has 0 radical (unpaired) electrons. The summed E-state index contributed by atoms with van der Waals surface area (Å²) in [5.41, 5.74) is 5.29. The van der Waals surface area contributed by atoms with Crippen LogP contribution in [0, 0.1) is 0 Å². The maximum absolute atomic E-state index is 11.9. The highest BCUT2D eigenvalue weighted by Crippen LogP contribution is 2.15. The van der Waals surface area contributed by atoms with Gasteiger partial charge in [-0.25, -0.2) is 0 Å². The Morgan fingerprint density at radius 3 is 2.60 bits per heavy atom. The molecular formula is C13H16BrN3O3. The van der Waals surface area contributed by atoms with E-state index in [-0.39, 0.29) is 18.4 Å². The van der Waals surface area contributed by atoms with E-state index in [2.05, 4.69) is 26.8 Å². The van der Waals surface area contributed by atoms with Crippen molar-refractivity contribution in [1.29, 1.82) is 0 Å². The molecule has 7 heteroatoms. The van der Waals surface area contributed by atoms with Gasteiger partial charge in [0, 0.05) is 17.6 Å². The minimum Gasteiger partial charge on any atom is -0.379 e. The second-order valence-electron chi connectivity index (χ2n) is 4.37. The molecule has 1 aliphatic heterocycles. The number of rotatable bonds is 3. The smallest absolute Gasteiger partial charge is 0.270 e. The number of hydrogen-bond donors (Lipinski definition) is 2. The molecule has 6 nitrogen and oxygen atoms in total. The predicted molar refractivity (Wildman–Crippen MR) is 77.0 cm³/mol. The Labute approximate surface area is 125 Å². The summed E-state index contributed by atoms with van der Waals surface area (Å²) in [4.78, 5) is 25.6. The van der Waals surface area contributed by atoms with E-state index in [4.69, 9.17) is 4.74 Å². The lowest BCUT2D eigenvalue weighted by Gasteiger charge is -2.25. The molecule has 0 unspecified atom stereocenters. The van der Waals surface area contributed by atoms with Crippen molar-refractivity contribution in [3.8, 4) is 0 Å². The van der Waals surface area contributed by atoms with Gasteiger partial charge in [0.15, 0.2) is 0 Å². The van der Waals surface area contributed by atoms with Crippen LogP contribution in [-0.2, 0) is 9.53 Å². The van der Waals surface area contributed by atoms with E-state index in [1.165, 1.54) is 0 Å². The molecule has 2 rings (SSSR count). The molecule has 1 aromatic carbocycles. The summed E-state index contributed by atoms with van der Waals surface area (Å²) >= 11 is 3.29. The molecule has 20 heavy (non-hydrogen) atoms. The first-order valence-corrected chi connectivity index (χ1v) is 7.10. The van der Waals surface area contributed by atoms with Crippen LogP contribution in [0.15, 0.2) is 28.7 Å². The standard InChI is InChI=1S/C13H16BrN3O3/c14-11-4-2-1-3-10(11)13(19)16-15-12(18)9-17-5-7-20-8-6-17/h1-4H,5-9H2,(H,15,18)(H,16,19). The first-order valence-electron chi connectivity index (χ1n) is 6.30. The minimum atomic E-state index is -0.354. The van der Waals surface area contributed by atoms with E-state index >= 15 is 0 Å². The third kappa shape index (κ3) is 4.29. The summed E-state index contributed by atoms with van der Waals surface area (Å²) in [6.45, 7) is 2.98. The number of nitrogens with one attached hydrogen (secondary N) is 2. The number of nitrogens with zero attached hydrogens (tertiary/aromatic N) is 1. The van der Waals surface area contributed by atoms with Crippen LogP contribution in [0.1, 0.15) is 10.4 Å². The van der Waals surface area contributed by atoms with Crippen LogP contribution in [0.5, 0.6) is 0 Å². The zero-order valence-electron chi connectivity index (χ0n) is 10.9. The summed E-state index contributed by atoms with van der Waals surface area (Å²) in [5.74, 6) is -0.597. The lowest BCUT2D eigenvalue weighted by atomic mass is 10.2. The van der Waals surface area contributed by atoms with Crippen LogP contribution in [-0.4, -0.2) is 49.6 Å². The van der Waals surface area contributed by atoms with Gasteiger partial charge in [0.05, 0.1) is 25.3 Å². The van der Waals surface area contributed by atoms with Crippen molar-refractivity contribution in [3.05, 3.63) is 34.3 Å². The maximum Gasteiger partial charge on any atom is 0.270 e. The Morgan fingerprint density at radius 2 is 1.90 bits per heavy atom. The molecule has 0 atom stereocenters. The van der Waals surface area contributed by atoms with Gasteiger partial charge in [0.2, 0.25) is 0 Å². The van der Waals surface area contributed by atoms with Crippen molar-refractivity contribution < 1.29 is 14.3 Å². The van der Waals surface area contributed by atoms with Crippen molar-refractivity contribution in [3.63, 3.8) is 0 Å². The Balaban J connectivity index is 1.78. The SMILES string of the molecule is O=C(CN1CCOCC1)NNC(=O)c1ccccc1Br. The van der Waals surface area contributed by atoms with Gasteiger partial charge < -0.3 is 4.74 Å². The fourth-order valence-electron chi connectivity index (χ4n) is 1.84. The lowest BCUT2D eigenvalue weighted by molar-refractivity contribution is -0.124. The molecule has 0 saturated carbocycles. The number of morpholine rings is 1. The van der Waals surface area contributed by atoms with E-state index < -0.39 is 0 Å². The van der Waals surface area contributed by atoms with Crippen molar-refractivity contribution in [2.24, 2.45) is 0 Å². The third-order valence-corrected chi connectivity index (χ3v) is 3.60. The molecule has 0 bridgehead atoms. The Hall–Kier alpha value is -1.44. The number of ether oxygens (including phenoxy) is 1. The van der Waals surface area contributed by atoms with Gasteiger partial charge in [-0.15, -0.1) is 0 Å². The first kappa shape index (κ1) is 15.0. The third-order valence-electron chi connectivity index (χ3n) is 2.90. The predicted octanol–water partition coefficient (Wildman–Crippen LogP) is 0.542. The highest BCUT2D eigenvalue weighted by Gasteiger charge is 2.15. The van der Waals surface area contributed by atoms with Crippen molar-refractivity contribution in [2.75, 3.05) is 32.8 Å². The van der Waals surface area contributed by atoms with Crippen molar-refractivity contribution in [1.82, 2.24) is 15.8 Å². The molecule has 0 aliphatic carbocycles. The number of hydrazine groups is 1. The second-order valence-corrected chi connectivity index (χ2v) is 5.23. The molecular weight excluding hydrogens is 326 g/mol. The fraction of sp³-hybridized carbons (Fsp3) is 0.385. The monoisotopic (exact) mass is 341 g/mol. The molecule has 0 spiro atoms. The number of carbonyl (C=O) groups excluding carboxylic acids is 2. The van der Waals surface area contributed by atoms with Crippen molar-refractivity contribution in [2.45, 2.75) is 0 Å². The van der Waals surface area contributed by atoms with E-state index in [1.54, 1.807) is 18.2 Å². The van der Waals surface area contributed by atoms with Gasteiger partial charge in [0.25, 0.3) is 11.8 Å². The Morgan fingerprint density at radius 1 is 1.20 bits per heavy atom. The molecule has 1 aromatic rings. The van der Waals surface area contributed by atoms with Crippen LogP contribution in [0.3, 0.4) is 0 Å². The Kier molecular flexibility index (Phi) is 5.51. The van der Waals surface area contributed by atoms with E-state index in [0.29, 0.717) is 23.2 Å². The molecule has 1 aliphatic rings. The number of amides is 2. The lowest BCUT2D eigenvalue weighted by Crippen LogP contribution is -2.48. The zero-order valence-corrected chi connectivity index (χ0v) is 12.5. The van der Waals surface area contributed by atoms with Gasteiger partial charge in [-0.2, -0.15) is 0 Å². The van der Waals surface area contributed by atoms with E-state index in [9.17, 15) is 9.59 Å². The van der Waals surface area contributed by atoms with Crippen LogP contribution < -0.4 is 10.9 Å². The number of carbonyl (C=O) groups is 2. The summed E-state index contributed by atoms with van der Waals surface area (Å²) in [6, 6.07) is 7.02. The molecule has 108 valence electrons. The van der Waals surface area contributed by atoms with Crippen LogP contribution >= 0.6 is 15.9 Å². The average Bonchev–Trinajstić information content (AvgIpc) is 2.46. The Bertz CT molecular complexity index is 490. The van der Waals surface area contributed by atoms with E-state index in [0.717, 1.165) is 13.1 Å².